The van der Waals surface area contributed by atoms with Gasteiger partial charge in [0.05, 0.1) is 5.56 Å². The summed E-state index contributed by atoms with van der Waals surface area (Å²) in [7, 11) is 0. The summed E-state index contributed by atoms with van der Waals surface area (Å²) in [6.07, 6.45) is -6.65. The van der Waals surface area contributed by atoms with Crippen LogP contribution in [0.3, 0.4) is 0 Å². The van der Waals surface area contributed by atoms with Crippen molar-refractivity contribution in [2.24, 2.45) is 0 Å². The molecule has 0 saturated carbocycles. The zero-order valence-corrected chi connectivity index (χ0v) is 6.42. The van der Waals surface area contributed by atoms with Gasteiger partial charge in [0.1, 0.15) is 0 Å². The summed E-state index contributed by atoms with van der Waals surface area (Å²) in [6, 6.07) is 4.32. The monoisotopic (exact) mass is 192 g/mol. The van der Waals surface area contributed by atoms with Crippen molar-refractivity contribution in [3.05, 3.63) is 35.4 Å². The first-order valence-electron chi connectivity index (χ1n) is 3.45. The zero-order valence-electron chi connectivity index (χ0n) is 6.42. The van der Waals surface area contributed by atoms with Crippen LogP contribution in [-0.4, -0.2) is 10.2 Å². The number of alkyl halides is 3. The number of aliphatic hydroxyl groups excluding tert-OH is 1. The molecule has 0 atom stereocenters. The second-order valence-corrected chi connectivity index (χ2v) is 2.46. The maximum atomic E-state index is 12.2. The number of benzene rings is 1. The smallest absolute Gasteiger partial charge is 0.364 e. The molecule has 0 amide bonds. The van der Waals surface area contributed by atoms with Gasteiger partial charge in [-0.05, 0) is 6.07 Å². The largest absolute Gasteiger partial charge is 0.416 e. The topological polar surface area (TPSA) is 40.5 Å². The van der Waals surface area contributed by atoms with E-state index >= 15 is 0 Å². The summed E-state index contributed by atoms with van der Waals surface area (Å²) in [5.41, 5.74) is -1.56. The van der Waals surface area contributed by atoms with Crippen LogP contribution < -0.4 is 0 Å². The number of halogens is 3. The van der Waals surface area contributed by atoms with Gasteiger partial charge in [-0.1, -0.05) is 18.2 Å². The fraction of sp³-hybridized carbons (Fsp3) is 0.250. The third kappa shape index (κ3) is 2.19. The van der Waals surface area contributed by atoms with Crippen molar-refractivity contribution in [3.8, 4) is 0 Å². The average molecular weight is 192 g/mol. The van der Waals surface area contributed by atoms with Crippen LogP contribution in [0.4, 0.5) is 13.2 Å². The molecule has 0 saturated heterocycles. The Morgan fingerprint density at radius 1 is 1.08 bits per heavy atom. The van der Waals surface area contributed by atoms with Crippen molar-refractivity contribution < 1.29 is 23.4 Å². The van der Waals surface area contributed by atoms with Gasteiger partial charge in [0.2, 0.25) is 0 Å². The Kier molecular flexibility index (Phi) is 2.58. The van der Waals surface area contributed by atoms with E-state index in [1.165, 1.54) is 12.1 Å². The molecular weight excluding hydrogens is 185 g/mol. The highest BCUT2D eigenvalue weighted by atomic mass is 19.4. The Morgan fingerprint density at radius 3 is 2.00 bits per heavy atom. The maximum Gasteiger partial charge on any atom is 0.416 e. The van der Waals surface area contributed by atoms with Crippen LogP contribution in [0.15, 0.2) is 24.3 Å². The third-order valence-corrected chi connectivity index (χ3v) is 1.54. The summed E-state index contributed by atoms with van der Waals surface area (Å²) in [4.78, 5) is 0. The molecule has 1 aromatic carbocycles. The van der Waals surface area contributed by atoms with Gasteiger partial charge in [-0.15, -0.1) is 0 Å². The van der Waals surface area contributed by atoms with Gasteiger partial charge in [-0.25, -0.2) is 0 Å². The lowest BCUT2D eigenvalue weighted by Gasteiger charge is -2.13. The summed E-state index contributed by atoms with van der Waals surface area (Å²) in [6.45, 7) is 0. The van der Waals surface area contributed by atoms with Crippen LogP contribution in [-0.2, 0) is 6.18 Å². The van der Waals surface area contributed by atoms with Crippen LogP contribution >= 0.6 is 0 Å². The zero-order chi connectivity index (χ0) is 10.1. The van der Waals surface area contributed by atoms with Gasteiger partial charge < -0.3 is 10.2 Å². The normalized spacial score (nSPS) is 12.2. The summed E-state index contributed by atoms with van der Waals surface area (Å²) in [5.74, 6) is 0. The van der Waals surface area contributed by atoms with E-state index in [4.69, 9.17) is 10.2 Å². The molecule has 0 fully saturated rings. The SMILES string of the molecule is OC(O)c1ccccc1C(F)(F)F. The first kappa shape index (κ1) is 10.0. The van der Waals surface area contributed by atoms with Gasteiger partial charge in [0.15, 0.2) is 6.29 Å². The Morgan fingerprint density at radius 2 is 1.62 bits per heavy atom. The van der Waals surface area contributed by atoms with Crippen LogP contribution in [0.2, 0.25) is 0 Å². The third-order valence-electron chi connectivity index (χ3n) is 1.54. The maximum absolute atomic E-state index is 12.2. The van der Waals surface area contributed by atoms with Crippen molar-refractivity contribution in [1.29, 1.82) is 0 Å². The highest BCUT2D eigenvalue weighted by molar-refractivity contribution is 5.30. The van der Waals surface area contributed by atoms with Gasteiger partial charge in [0.25, 0.3) is 0 Å². The highest BCUT2D eigenvalue weighted by Crippen LogP contribution is 2.33. The van der Waals surface area contributed by atoms with Gasteiger partial charge in [0, 0.05) is 5.56 Å². The van der Waals surface area contributed by atoms with E-state index < -0.39 is 23.6 Å². The minimum atomic E-state index is -4.56. The summed E-state index contributed by atoms with van der Waals surface area (Å²) < 4.78 is 36.6. The van der Waals surface area contributed by atoms with Gasteiger partial charge in [-0.3, -0.25) is 0 Å². The number of rotatable bonds is 1. The fourth-order valence-electron chi connectivity index (χ4n) is 0.980. The lowest BCUT2D eigenvalue weighted by atomic mass is 10.1. The van der Waals surface area contributed by atoms with Gasteiger partial charge in [-0.2, -0.15) is 13.2 Å². The second-order valence-electron chi connectivity index (χ2n) is 2.46. The average Bonchev–Trinajstić information content (AvgIpc) is 2.03. The molecule has 0 aliphatic heterocycles. The Bertz CT molecular complexity index is 294. The van der Waals surface area contributed by atoms with E-state index in [-0.39, 0.29) is 0 Å². The molecule has 0 aliphatic rings. The minimum absolute atomic E-state index is 0.532. The molecule has 0 aliphatic carbocycles. The second kappa shape index (κ2) is 3.35. The van der Waals surface area contributed by atoms with Crippen molar-refractivity contribution in [2.75, 3.05) is 0 Å². The Balaban J connectivity index is 3.20. The summed E-state index contributed by atoms with van der Waals surface area (Å²) in [5, 5.41) is 17.2. The van der Waals surface area contributed by atoms with Crippen LogP contribution in [0.25, 0.3) is 0 Å². The van der Waals surface area contributed by atoms with E-state index in [0.717, 1.165) is 12.1 Å². The molecule has 2 N–H and O–H groups in total. The molecule has 1 aromatic rings. The first-order chi connectivity index (χ1) is 5.93. The molecular formula is C8H7F3O2. The van der Waals surface area contributed by atoms with Crippen molar-refractivity contribution in [2.45, 2.75) is 12.5 Å². The van der Waals surface area contributed by atoms with E-state index in [2.05, 4.69) is 0 Å². The molecule has 0 bridgehead atoms. The van der Waals surface area contributed by atoms with E-state index in [1.807, 2.05) is 0 Å². The molecule has 0 unspecified atom stereocenters. The van der Waals surface area contributed by atoms with Crippen LogP contribution in [0.1, 0.15) is 17.4 Å². The number of hydrogen-bond acceptors (Lipinski definition) is 2. The van der Waals surface area contributed by atoms with Crippen LogP contribution in [0.5, 0.6) is 0 Å². The predicted molar refractivity (Wildman–Crippen MR) is 38.6 cm³/mol. The highest BCUT2D eigenvalue weighted by Gasteiger charge is 2.34. The van der Waals surface area contributed by atoms with Crippen molar-refractivity contribution >= 4 is 0 Å². The minimum Gasteiger partial charge on any atom is -0.364 e. The van der Waals surface area contributed by atoms with Crippen molar-refractivity contribution in [3.63, 3.8) is 0 Å². The first-order valence-corrected chi connectivity index (χ1v) is 3.45. The molecule has 0 heterocycles. The predicted octanol–water partition coefficient (Wildman–Crippen LogP) is 1.69. The lowest BCUT2D eigenvalue weighted by molar-refractivity contribution is -0.142. The molecule has 1 rings (SSSR count). The number of aliphatic hydroxyl groups is 2. The Labute approximate surface area is 72.2 Å². The summed E-state index contributed by atoms with van der Waals surface area (Å²) >= 11 is 0. The fourth-order valence-corrected chi connectivity index (χ4v) is 0.980. The van der Waals surface area contributed by atoms with E-state index in [1.54, 1.807) is 0 Å². The van der Waals surface area contributed by atoms with E-state index in [0.29, 0.717) is 0 Å². The molecule has 72 valence electrons. The van der Waals surface area contributed by atoms with Gasteiger partial charge >= 0.3 is 6.18 Å². The quantitative estimate of drug-likeness (QED) is 0.664. The molecule has 5 heteroatoms. The molecule has 2 nitrogen and oxygen atoms in total. The number of hydrogen-bond donors (Lipinski definition) is 2. The molecule has 0 spiro atoms. The van der Waals surface area contributed by atoms with Crippen LogP contribution in [0, 0.1) is 0 Å². The molecule has 0 aromatic heterocycles. The standard InChI is InChI=1S/C8H7F3O2/c9-8(10,11)6-4-2-1-3-5(6)7(12)13/h1-4,7,12-13H. The Hall–Kier alpha value is -1.07. The molecule has 0 radical (unpaired) electrons. The van der Waals surface area contributed by atoms with Crippen molar-refractivity contribution in [1.82, 2.24) is 0 Å². The lowest BCUT2D eigenvalue weighted by Crippen LogP contribution is -2.11. The van der Waals surface area contributed by atoms with E-state index in [9.17, 15) is 13.2 Å². The molecule has 13 heavy (non-hydrogen) atoms.